The number of likely N-dealkylation sites (tertiary alicyclic amines) is 1. The van der Waals surface area contributed by atoms with Crippen LogP contribution in [0, 0.1) is 0 Å². The highest BCUT2D eigenvalue weighted by Crippen LogP contribution is 2.45. The van der Waals surface area contributed by atoms with E-state index in [1.54, 1.807) is 11.8 Å². The smallest absolute Gasteiger partial charge is 0.317 e. The van der Waals surface area contributed by atoms with E-state index in [0.29, 0.717) is 6.04 Å². The molecule has 2 saturated heterocycles. The highest BCUT2D eigenvalue weighted by Gasteiger charge is 2.43. The highest BCUT2D eigenvalue weighted by molar-refractivity contribution is 7.98. The van der Waals surface area contributed by atoms with Gasteiger partial charge in [-0.3, -0.25) is 9.69 Å². The number of hydrogen-bond acceptors (Lipinski definition) is 4. The Morgan fingerprint density at radius 3 is 2.40 bits per heavy atom. The fourth-order valence-electron chi connectivity index (χ4n) is 6.29. The Morgan fingerprint density at radius 2 is 1.71 bits per heavy atom. The number of carbonyl (C=O) groups excluding carboxylic acids is 2. The summed E-state index contributed by atoms with van der Waals surface area (Å²) in [6.07, 6.45) is 5.11. The van der Waals surface area contributed by atoms with Crippen LogP contribution in [-0.2, 0) is 0 Å². The van der Waals surface area contributed by atoms with Crippen LogP contribution in [0.4, 0.5) is 4.79 Å². The molecular formula is C28H36N4O2S. The van der Waals surface area contributed by atoms with Crippen molar-refractivity contribution in [1.29, 1.82) is 0 Å². The summed E-state index contributed by atoms with van der Waals surface area (Å²) in [6, 6.07) is 17.6. The number of benzene rings is 2. The molecule has 3 heterocycles. The summed E-state index contributed by atoms with van der Waals surface area (Å²) in [5.74, 6) is 0.261. The van der Waals surface area contributed by atoms with Crippen molar-refractivity contribution in [2.75, 3.05) is 39.5 Å². The van der Waals surface area contributed by atoms with Crippen molar-refractivity contribution in [1.82, 2.24) is 20.0 Å². The number of nitrogens with zero attached hydrogens (tertiary/aromatic N) is 3. The largest absolute Gasteiger partial charge is 0.338 e. The molecule has 3 atom stereocenters. The normalized spacial score (nSPS) is 23.2. The summed E-state index contributed by atoms with van der Waals surface area (Å²) in [5, 5.41) is 3.00. The van der Waals surface area contributed by atoms with Crippen LogP contribution in [0.15, 0.2) is 53.4 Å². The Balaban J connectivity index is 1.41. The second-order valence-corrected chi connectivity index (χ2v) is 10.9. The van der Waals surface area contributed by atoms with Gasteiger partial charge >= 0.3 is 6.03 Å². The molecule has 0 aliphatic carbocycles. The SMILES string of the molecule is CSc1ccc(C(C(C)N2CCC(N3CCCNC3=O)CC2)C2c3ccccc3C(=O)N2C)cc1. The standard InChI is InChI=1S/C28H36N4O2S/c1-19(31-17-13-21(14-18-31)32-16-6-15-29-28(32)34)25(20-9-11-22(35-3)12-10-20)26-23-7-4-5-8-24(23)27(33)30(26)2/h4-5,7-12,19,21,25-26H,6,13-18H2,1-3H3,(H,29,34). The number of amides is 3. The number of nitrogens with one attached hydrogen (secondary N) is 1. The van der Waals surface area contributed by atoms with Gasteiger partial charge in [-0.2, -0.15) is 0 Å². The van der Waals surface area contributed by atoms with Crippen LogP contribution >= 0.6 is 11.8 Å². The molecule has 3 unspecified atom stereocenters. The molecule has 0 saturated carbocycles. The molecule has 1 N–H and O–H groups in total. The van der Waals surface area contributed by atoms with Crippen LogP contribution in [0.2, 0.25) is 0 Å². The summed E-state index contributed by atoms with van der Waals surface area (Å²) >= 11 is 1.75. The number of fused-ring (bicyclic) bond motifs is 1. The Morgan fingerprint density at radius 1 is 1.00 bits per heavy atom. The molecule has 0 bridgehead atoms. The van der Waals surface area contributed by atoms with E-state index in [1.165, 1.54) is 10.5 Å². The molecule has 2 aromatic carbocycles. The van der Waals surface area contributed by atoms with Crippen molar-refractivity contribution in [3.05, 3.63) is 65.2 Å². The van der Waals surface area contributed by atoms with Gasteiger partial charge < -0.3 is 15.1 Å². The molecule has 7 heteroatoms. The molecule has 0 radical (unpaired) electrons. The van der Waals surface area contributed by atoms with Crippen molar-refractivity contribution in [3.63, 3.8) is 0 Å². The maximum Gasteiger partial charge on any atom is 0.317 e. The van der Waals surface area contributed by atoms with Gasteiger partial charge in [-0.05, 0) is 61.8 Å². The molecule has 35 heavy (non-hydrogen) atoms. The fourth-order valence-corrected chi connectivity index (χ4v) is 6.70. The second-order valence-electron chi connectivity index (χ2n) is 10.0. The first-order valence-corrected chi connectivity index (χ1v) is 14.0. The zero-order valence-corrected chi connectivity index (χ0v) is 21.8. The minimum absolute atomic E-state index is 0.000532. The van der Waals surface area contributed by atoms with Crippen LogP contribution in [0.1, 0.15) is 59.6 Å². The first-order valence-electron chi connectivity index (χ1n) is 12.8. The first kappa shape index (κ1) is 24.2. The van der Waals surface area contributed by atoms with Gasteiger partial charge in [0.2, 0.25) is 0 Å². The Labute approximate surface area is 213 Å². The molecule has 0 spiro atoms. The molecular weight excluding hydrogens is 456 g/mol. The van der Waals surface area contributed by atoms with E-state index in [-0.39, 0.29) is 29.9 Å². The summed E-state index contributed by atoms with van der Waals surface area (Å²) in [7, 11) is 1.95. The average Bonchev–Trinajstić information content (AvgIpc) is 3.15. The maximum absolute atomic E-state index is 13.2. The van der Waals surface area contributed by atoms with E-state index >= 15 is 0 Å². The molecule has 3 aliphatic heterocycles. The number of likely N-dealkylation sites (N-methyl/N-ethyl adjacent to an activating group) is 1. The minimum Gasteiger partial charge on any atom is -0.338 e. The van der Waals surface area contributed by atoms with E-state index in [4.69, 9.17) is 0 Å². The van der Waals surface area contributed by atoms with Crippen LogP contribution in [0.25, 0.3) is 0 Å². The predicted molar refractivity (Wildman–Crippen MR) is 141 cm³/mol. The zero-order valence-electron chi connectivity index (χ0n) is 20.9. The monoisotopic (exact) mass is 492 g/mol. The molecule has 2 aromatic rings. The number of thioether (sulfide) groups is 1. The lowest BCUT2D eigenvalue weighted by Crippen LogP contribution is -2.55. The first-order chi connectivity index (χ1) is 17.0. The summed E-state index contributed by atoms with van der Waals surface area (Å²) in [5.41, 5.74) is 3.23. The zero-order chi connectivity index (χ0) is 24.5. The molecule has 3 aliphatic rings. The molecule has 0 aromatic heterocycles. The Bertz CT molecular complexity index is 1070. The third kappa shape index (κ3) is 4.56. The molecule has 2 fully saturated rings. The molecule has 5 rings (SSSR count). The molecule has 186 valence electrons. The van der Waals surface area contributed by atoms with Gasteiger partial charge in [0, 0.05) is 61.7 Å². The van der Waals surface area contributed by atoms with Crippen molar-refractivity contribution >= 4 is 23.7 Å². The van der Waals surface area contributed by atoms with E-state index in [2.05, 4.69) is 53.7 Å². The second kappa shape index (κ2) is 10.2. The van der Waals surface area contributed by atoms with Gasteiger partial charge in [0.05, 0.1) is 6.04 Å². The van der Waals surface area contributed by atoms with E-state index in [0.717, 1.165) is 56.6 Å². The van der Waals surface area contributed by atoms with E-state index < -0.39 is 0 Å². The number of carbonyl (C=O) groups is 2. The van der Waals surface area contributed by atoms with Crippen molar-refractivity contribution in [2.45, 2.75) is 55.1 Å². The lowest BCUT2D eigenvalue weighted by molar-refractivity contribution is 0.0608. The van der Waals surface area contributed by atoms with E-state index in [1.807, 2.05) is 35.0 Å². The highest BCUT2D eigenvalue weighted by atomic mass is 32.2. The topological polar surface area (TPSA) is 55.9 Å². The fraction of sp³-hybridized carbons (Fsp3) is 0.500. The maximum atomic E-state index is 13.2. The van der Waals surface area contributed by atoms with Crippen LogP contribution in [0.3, 0.4) is 0 Å². The minimum atomic E-state index is -0.000532. The van der Waals surface area contributed by atoms with Gasteiger partial charge in [-0.1, -0.05) is 30.3 Å². The number of urea groups is 1. The number of piperidine rings is 1. The Kier molecular flexibility index (Phi) is 7.07. The van der Waals surface area contributed by atoms with E-state index in [9.17, 15) is 9.59 Å². The summed E-state index contributed by atoms with van der Waals surface area (Å²) in [4.78, 5) is 33.3. The lowest BCUT2D eigenvalue weighted by Gasteiger charge is -2.45. The van der Waals surface area contributed by atoms with Crippen molar-refractivity contribution in [3.8, 4) is 0 Å². The van der Waals surface area contributed by atoms with Gasteiger partial charge in [0.25, 0.3) is 5.91 Å². The third-order valence-corrected chi connectivity index (χ3v) is 8.98. The van der Waals surface area contributed by atoms with Gasteiger partial charge in [-0.25, -0.2) is 4.79 Å². The Hall–Kier alpha value is -2.51. The van der Waals surface area contributed by atoms with Crippen LogP contribution < -0.4 is 5.32 Å². The molecule has 6 nitrogen and oxygen atoms in total. The summed E-state index contributed by atoms with van der Waals surface area (Å²) < 4.78 is 0. The van der Waals surface area contributed by atoms with Crippen LogP contribution in [0.5, 0.6) is 0 Å². The van der Waals surface area contributed by atoms with Gasteiger partial charge in [0.1, 0.15) is 0 Å². The molecule has 3 amide bonds. The average molecular weight is 493 g/mol. The number of hydrogen-bond donors (Lipinski definition) is 1. The number of rotatable bonds is 6. The van der Waals surface area contributed by atoms with Crippen molar-refractivity contribution in [2.24, 2.45) is 0 Å². The van der Waals surface area contributed by atoms with Crippen LogP contribution in [-0.4, -0.2) is 78.2 Å². The lowest BCUT2D eigenvalue weighted by atomic mass is 9.81. The summed E-state index contributed by atoms with van der Waals surface area (Å²) in [6.45, 7) is 5.89. The van der Waals surface area contributed by atoms with Gasteiger partial charge in [-0.15, -0.1) is 11.8 Å². The predicted octanol–water partition coefficient (Wildman–Crippen LogP) is 4.59. The van der Waals surface area contributed by atoms with Crippen molar-refractivity contribution < 1.29 is 9.59 Å². The quantitative estimate of drug-likeness (QED) is 0.600. The third-order valence-electron chi connectivity index (χ3n) is 8.24. The van der Waals surface area contributed by atoms with Gasteiger partial charge in [0.15, 0.2) is 0 Å².